The van der Waals surface area contributed by atoms with Crippen LogP contribution >= 0.6 is 22.7 Å². The molecule has 1 aliphatic heterocycles. The summed E-state index contributed by atoms with van der Waals surface area (Å²) < 4.78 is 5.27. The monoisotopic (exact) mass is 373 g/mol. The molecular weight excluding hydrogens is 358 g/mol. The zero-order valence-corrected chi connectivity index (χ0v) is 14.8. The van der Waals surface area contributed by atoms with Gasteiger partial charge in [0.1, 0.15) is 5.76 Å². The van der Waals surface area contributed by atoms with E-state index in [1.807, 2.05) is 29.0 Å². The average Bonchev–Trinajstić information content (AvgIpc) is 3.35. The van der Waals surface area contributed by atoms with Gasteiger partial charge in [-0.3, -0.25) is 9.59 Å². The Kier molecular flexibility index (Phi) is 4.37. The minimum absolute atomic E-state index is 0.0324. The van der Waals surface area contributed by atoms with Crippen molar-refractivity contribution in [3.05, 3.63) is 47.0 Å². The maximum Gasteiger partial charge on any atom is 0.231 e. The number of anilines is 1. The first kappa shape index (κ1) is 16.0. The average molecular weight is 373 g/mol. The highest BCUT2D eigenvalue weighted by Crippen LogP contribution is 2.29. The number of thiazole rings is 1. The van der Waals surface area contributed by atoms with E-state index in [1.165, 1.54) is 11.3 Å². The topological polar surface area (TPSA) is 75.4 Å². The predicted molar refractivity (Wildman–Crippen MR) is 96.3 cm³/mol. The number of nitrogens with zero attached hydrogens (tertiary/aromatic N) is 2. The maximum absolute atomic E-state index is 12.5. The summed E-state index contributed by atoms with van der Waals surface area (Å²) in [5.74, 6) is 0.156. The second-order valence-corrected chi connectivity index (χ2v) is 7.56. The summed E-state index contributed by atoms with van der Waals surface area (Å²) in [4.78, 5) is 31.7. The molecule has 0 spiro atoms. The third-order valence-corrected chi connectivity index (χ3v) is 5.67. The van der Waals surface area contributed by atoms with Crippen molar-refractivity contribution in [3.8, 4) is 10.6 Å². The van der Waals surface area contributed by atoms with E-state index in [1.54, 1.807) is 28.6 Å². The number of hydrogen-bond donors (Lipinski definition) is 1. The normalized spacial score (nSPS) is 17.2. The Morgan fingerprint density at radius 2 is 2.28 bits per heavy atom. The van der Waals surface area contributed by atoms with Gasteiger partial charge in [0.2, 0.25) is 11.8 Å². The first-order valence-electron chi connectivity index (χ1n) is 7.79. The third kappa shape index (κ3) is 3.49. The number of rotatable bonds is 5. The summed E-state index contributed by atoms with van der Waals surface area (Å²) in [5.41, 5.74) is 0.859. The molecule has 2 amide bonds. The fourth-order valence-corrected chi connectivity index (χ4v) is 4.24. The molecule has 0 bridgehead atoms. The maximum atomic E-state index is 12.5. The van der Waals surface area contributed by atoms with Gasteiger partial charge in [-0.25, -0.2) is 4.98 Å². The predicted octanol–water partition coefficient (Wildman–Crippen LogP) is 3.45. The smallest absolute Gasteiger partial charge is 0.231 e. The Balaban J connectivity index is 1.38. The van der Waals surface area contributed by atoms with Gasteiger partial charge in [0, 0.05) is 18.3 Å². The second-order valence-electron chi connectivity index (χ2n) is 5.76. The number of furan rings is 1. The number of likely N-dealkylation sites (tertiary alicyclic amines) is 1. The molecule has 3 aromatic heterocycles. The number of aromatic nitrogens is 1. The van der Waals surface area contributed by atoms with E-state index in [0.717, 1.165) is 16.3 Å². The number of carbonyl (C=O) groups is 2. The van der Waals surface area contributed by atoms with Crippen molar-refractivity contribution in [1.82, 2.24) is 9.88 Å². The van der Waals surface area contributed by atoms with Crippen LogP contribution in [0.2, 0.25) is 0 Å². The van der Waals surface area contributed by atoms with Crippen LogP contribution in [0.25, 0.3) is 10.6 Å². The lowest BCUT2D eigenvalue weighted by atomic mass is 10.1. The molecule has 0 aliphatic carbocycles. The van der Waals surface area contributed by atoms with Crippen molar-refractivity contribution in [1.29, 1.82) is 0 Å². The Hall–Kier alpha value is -2.45. The van der Waals surface area contributed by atoms with Crippen LogP contribution in [-0.2, 0) is 16.1 Å². The van der Waals surface area contributed by atoms with Crippen molar-refractivity contribution < 1.29 is 14.0 Å². The molecule has 1 fully saturated rings. The van der Waals surface area contributed by atoms with Crippen LogP contribution in [0, 0.1) is 5.92 Å². The molecule has 6 nitrogen and oxygen atoms in total. The van der Waals surface area contributed by atoms with Crippen LogP contribution < -0.4 is 5.32 Å². The zero-order chi connectivity index (χ0) is 17.2. The minimum atomic E-state index is -0.364. The van der Waals surface area contributed by atoms with Gasteiger partial charge in [0.05, 0.1) is 29.3 Å². The highest BCUT2D eigenvalue weighted by atomic mass is 32.1. The Morgan fingerprint density at radius 3 is 3.04 bits per heavy atom. The molecule has 3 aromatic rings. The molecule has 1 atom stereocenters. The van der Waals surface area contributed by atoms with E-state index in [4.69, 9.17) is 4.42 Å². The van der Waals surface area contributed by atoms with E-state index >= 15 is 0 Å². The lowest BCUT2D eigenvalue weighted by Gasteiger charge is -2.14. The van der Waals surface area contributed by atoms with Crippen molar-refractivity contribution in [2.24, 2.45) is 5.92 Å². The van der Waals surface area contributed by atoms with Crippen LogP contribution in [0.3, 0.4) is 0 Å². The van der Waals surface area contributed by atoms with Crippen LogP contribution in [0.1, 0.15) is 12.2 Å². The fourth-order valence-electron chi connectivity index (χ4n) is 2.77. The van der Waals surface area contributed by atoms with Gasteiger partial charge in [0.25, 0.3) is 0 Å². The Morgan fingerprint density at radius 1 is 1.36 bits per heavy atom. The number of nitrogens with one attached hydrogen (secondary N) is 1. The number of hydrogen-bond acceptors (Lipinski definition) is 6. The SMILES string of the molecule is O=C(Nc1nc(-c2cccs2)cs1)C1CC(=O)N(Cc2ccco2)C1. The summed E-state index contributed by atoms with van der Waals surface area (Å²) in [6.07, 6.45) is 1.80. The highest BCUT2D eigenvalue weighted by molar-refractivity contribution is 7.16. The molecule has 0 aromatic carbocycles. The van der Waals surface area contributed by atoms with Crippen molar-refractivity contribution >= 4 is 39.6 Å². The number of thiophene rings is 1. The molecule has 1 N–H and O–H groups in total. The molecule has 1 aliphatic rings. The summed E-state index contributed by atoms with van der Waals surface area (Å²) in [5, 5.41) is 7.31. The summed E-state index contributed by atoms with van der Waals surface area (Å²) in [6, 6.07) is 7.57. The molecule has 128 valence electrons. The summed E-state index contributed by atoms with van der Waals surface area (Å²) in [6.45, 7) is 0.796. The van der Waals surface area contributed by atoms with Gasteiger partial charge < -0.3 is 14.6 Å². The van der Waals surface area contributed by atoms with Crippen LogP contribution in [0.5, 0.6) is 0 Å². The summed E-state index contributed by atoms with van der Waals surface area (Å²) >= 11 is 3.00. The third-order valence-electron chi connectivity index (χ3n) is 4.02. The van der Waals surface area contributed by atoms with E-state index in [9.17, 15) is 9.59 Å². The van der Waals surface area contributed by atoms with Gasteiger partial charge in [-0.2, -0.15) is 0 Å². The van der Waals surface area contributed by atoms with Crippen molar-refractivity contribution in [3.63, 3.8) is 0 Å². The molecule has 1 saturated heterocycles. The minimum Gasteiger partial charge on any atom is -0.467 e. The fraction of sp³-hybridized carbons (Fsp3) is 0.235. The molecule has 0 saturated carbocycles. The van der Waals surface area contributed by atoms with E-state index in [-0.39, 0.29) is 24.2 Å². The zero-order valence-electron chi connectivity index (χ0n) is 13.2. The van der Waals surface area contributed by atoms with E-state index in [2.05, 4.69) is 10.3 Å². The second kappa shape index (κ2) is 6.81. The highest BCUT2D eigenvalue weighted by Gasteiger charge is 2.35. The first-order chi connectivity index (χ1) is 12.2. The molecule has 0 radical (unpaired) electrons. The standard InChI is InChI=1S/C17H15N3O3S2/c21-15-7-11(8-20(15)9-12-3-1-5-23-12)16(22)19-17-18-13(10-25-17)14-4-2-6-24-14/h1-6,10-11H,7-9H2,(H,18,19,22). The largest absolute Gasteiger partial charge is 0.467 e. The van der Waals surface area contributed by atoms with Gasteiger partial charge in [-0.05, 0) is 23.6 Å². The lowest BCUT2D eigenvalue weighted by molar-refractivity contribution is -0.128. The van der Waals surface area contributed by atoms with E-state index in [0.29, 0.717) is 18.2 Å². The molecule has 1 unspecified atom stereocenters. The van der Waals surface area contributed by atoms with Crippen molar-refractivity contribution in [2.75, 3.05) is 11.9 Å². The quantitative estimate of drug-likeness (QED) is 0.743. The Labute approximate surface area is 152 Å². The number of carbonyl (C=O) groups excluding carboxylic acids is 2. The molecule has 8 heteroatoms. The first-order valence-corrected chi connectivity index (χ1v) is 9.55. The molecular formula is C17H15N3O3S2. The van der Waals surface area contributed by atoms with Crippen LogP contribution in [-0.4, -0.2) is 28.2 Å². The van der Waals surface area contributed by atoms with Gasteiger partial charge in [-0.15, -0.1) is 22.7 Å². The van der Waals surface area contributed by atoms with Crippen LogP contribution in [0.15, 0.2) is 45.7 Å². The van der Waals surface area contributed by atoms with Gasteiger partial charge in [-0.1, -0.05) is 6.07 Å². The molecule has 4 rings (SSSR count). The van der Waals surface area contributed by atoms with Gasteiger partial charge in [0.15, 0.2) is 5.13 Å². The lowest BCUT2D eigenvalue weighted by Crippen LogP contribution is -2.27. The Bertz CT molecular complexity index is 871. The van der Waals surface area contributed by atoms with Crippen molar-refractivity contribution in [2.45, 2.75) is 13.0 Å². The molecule has 4 heterocycles. The summed E-state index contributed by atoms with van der Waals surface area (Å²) in [7, 11) is 0. The molecule has 25 heavy (non-hydrogen) atoms. The van der Waals surface area contributed by atoms with Crippen LogP contribution in [0.4, 0.5) is 5.13 Å². The van der Waals surface area contributed by atoms with E-state index < -0.39 is 0 Å². The number of amides is 2. The van der Waals surface area contributed by atoms with Gasteiger partial charge >= 0.3 is 0 Å².